The van der Waals surface area contributed by atoms with Gasteiger partial charge in [-0.3, -0.25) is 4.79 Å². The first-order valence-corrected chi connectivity index (χ1v) is 11.9. The fourth-order valence-electron chi connectivity index (χ4n) is 5.38. The van der Waals surface area contributed by atoms with E-state index in [1.54, 1.807) is 20.0 Å². The number of halogens is 1. The summed E-state index contributed by atoms with van der Waals surface area (Å²) in [6.45, 7) is 13.7. The molecule has 1 aromatic carbocycles. The highest BCUT2D eigenvalue weighted by molar-refractivity contribution is 6.62. The molecule has 34 heavy (non-hydrogen) atoms. The molecule has 1 fully saturated rings. The molecule has 2 unspecified atom stereocenters. The first-order valence-electron chi connectivity index (χ1n) is 11.9. The summed E-state index contributed by atoms with van der Waals surface area (Å²) in [5, 5.41) is 3.35. The van der Waals surface area contributed by atoms with Gasteiger partial charge in [0.05, 0.1) is 16.6 Å². The molecular weight excluding hydrogens is 430 g/mol. The van der Waals surface area contributed by atoms with E-state index in [-0.39, 0.29) is 0 Å². The number of nitrogens with zero attached hydrogens (tertiary/aromatic N) is 1. The lowest BCUT2D eigenvalue weighted by molar-refractivity contribution is -0.125. The van der Waals surface area contributed by atoms with Crippen molar-refractivity contribution >= 4 is 24.2 Å². The number of allylic oxidation sites excluding steroid dienone is 2. The SMILES string of the molecule is CC1(c2cccc(B3OC(C)(C)C(C)(C)O3)c2)C2=C(CC(C)(C)C(F)C2=O)Nc2ncccc21. The monoisotopic (exact) mass is 462 g/mol. The Morgan fingerprint density at radius 2 is 1.71 bits per heavy atom. The van der Waals surface area contributed by atoms with Gasteiger partial charge in [0.25, 0.3) is 0 Å². The Morgan fingerprint density at radius 3 is 2.38 bits per heavy atom. The van der Waals surface area contributed by atoms with Gasteiger partial charge in [-0.2, -0.15) is 0 Å². The summed E-state index contributed by atoms with van der Waals surface area (Å²) in [5.41, 5.74) is 1.22. The molecular formula is C27H32BFN2O3. The maximum Gasteiger partial charge on any atom is 0.494 e. The summed E-state index contributed by atoms with van der Waals surface area (Å²) in [6.07, 6.45) is 0.585. The minimum absolute atomic E-state index is 0.428. The molecule has 1 N–H and O–H groups in total. The van der Waals surface area contributed by atoms with E-state index in [1.165, 1.54) is 0 Å². The van der Waals surface area contributed by atoms with E-state index in [2.05, 4.69) is 10.3 Å². The minimum atomic E-state index is -1.57. The van der Waals surface area contributed by atoms with E-state index in [0.29, 0.717) is 17.8 Å². The summed E-state index contributed by atoms with van der Waals surface area (Å²) >= 11 is 0. The number of carbonyl (C=O) groups excluding carboxylic acids is 1. The van der Waals surface area contributed by atoms with E-state index < -0.39 is 41.1 Å². The third kappa shape index (κ3) is 3.20. The molecule has 2 aliphatic heterocycles. The number of aromatic nitrogens is 1. The second kappa shape index (κ2) is 7.25. The fourth-order valence-corrected chi connectivity index (χ4v) is 5.38. The van der Waals surface area contributed by atoms with E-state index in [0.717, 1.165) is 22.3 Å². The third-order valence-corrected chi connectivity index (χ3v) is 8.20. The number of ketones is 1. The number of pyridine rings is 1. The van der Waals surface area contributed by atoms with Gasteiger partial charge in [0.1, 0.15) is 5.82 Å². The lowest BCUT2D eigenvalue weighted by atomic mass is 9.60. The number of rotatable bonds is 2. The standard InChI is InChI=1S/C27H32BFN2O3/c1-24(2)15-19-20(21(32)22(24)29)27(7,18-12-9-13-30-23(18)31-19)16-10-8-11-17(14-16)28-33-25(3,4)26(5,6)34-28/h8-14,22H,15H2,1-7H3,(H,30,31). The van der Waals surface area contributed by atoms with Crippen LogP contribution >= 0.6 is 0 Å². The first kappa shape index (κ1) is 23.2. The molecule has 1 saturated heterocycles. The fraction of sp³-hybridized carbons (Fsp3) is 0.481. The van der Waals surface area contributed by atoms with Crippen molar-refractivity contribution in [3.8, 4) is 0 Å². The molecule has 2 aromatic rings. The average Bonchev–Trinajstić information content (AvgIpc) is 2.99. The van der Waals surface area contributed by atoms with E-state index in [4.69, 9.17) is 9.31 Å². The quantitative estimate of drug-likeness (QED) is 0.656. The highest BCUT2D eigenvalue weighted by Crippen LogP contribution is 2.52. The van der Waals surface area contributed by atoms with Crippen molar-refractivity contribution in [3.05, 3.63) is 65.0 Å². The van der Waals surface area contributed by atoms with Gasteiger partial charge >= 0.3 is 7.12 Å². The number of Topliss-reactive ketones (excluding diaryl/α,β-unsaturated/α-hetero) is 1. The van der Waals surface area contributed by atoms with Gasteiger partial charge in [-0.15, -0.1) is 0 Å². The number of carbonyl (C=O) groups is 1. The lowest BCUT2D eigenvalue weighted by Crippen LogP contribution is -2.48. The lowest BCUT2D eigenvalue weighted by Gasteiger charge is -2.45. The average molecular weight is 462 g/mol. The van der Waals surface area contributed by atoms with Crippen molar-refractivity contribution < 1.29 is 18.5 Å². The molecule has 7 heteroatoms. The van der Waals surface area contributed by atoms with Gasteiger partial charge in [0.2, 0.25) is 0 Å². The Bertz CT molecular complexity index is 1210. The highest BCUT2D eigenvalue weighted by Gasteiger charge is 2.54. The van der Waals surface area contributed by atoms with Crippen molar-refractivity contribution in [1.82, 2.24) is 4.98 Å². The number of benzene rings is 1. The van der Waals surface area contributed by atoms with Crippen molar-refractivity contribution in [2.24, 2.45) is 5.41 Å². The van der Waals surface area contributed by atoms with Crippen LogP contribution in [0.4, 0.5) is 10.2 Å². The van der Waals surface area contributed by atoms with Crippen LogP contribution in [0.25, 0.3) is 0 Å². The number of hydrogen-bond donors (Lipinski definition) is 1. The zero-order valence-corrected chi connectivity index (χ0v) is 21.0. The van der Waals surface area contributed by atoms with Gasteiger partial charge in [0, 0.05) is 28.4 Å². The van der Waals surface area contributed by atoms with Crippen molar-refractivity contribution in [1.29, 1.82) is 0 Å². The number of nitrogens with one attached hydrogen (secondary N) is 1. The Labute approximate surface area is 201 Å². The molecule has 0 bridgehead atoms. The molecule has 2 atom stereocenters. The third-order valence-electron chi connectivity index (χ3n) is 8.20. The van der Waals surface area contributed by atoms with Crippen LogP contribution in [0.3, 0.4) is 0 Å². The molecule has 178 valence electrons. The van der Waals surface area contributed by atoms with Crippen LogP contribution in [-0.4, -0.2) is 35.3 Å². The molecule has 0 radical (unpaired) electrons. The molecule has 1 aliphatic carbocycles. The van der Waals surface area contributed by atoms with Gasteiger partial charge in [-0.1, -0.05) is 44.2 Å². The Hall–Kier alpha value is -2.51. The van der Waals surface area contributed by atoms with Crippen LogP contribution in [-0.2, 0) is 19.5 Å². The van der Waals surface area contributed by atoms with Crippen LogP contribution in [0, 0.1) is 5.41 Å². The van der Waals surface area contributed by atoms with Crippen LogP contribution < -0.4 is 10.8 Å². The van der Waals surface area contributed by atoms with Crippen molar-refractivity contribution in [3.63, 3.8) is 0 Å². The Balaban J connectivity index is 1.68. The van der Waals surface area contributed by atoms with Gasteiger partial charge in [-0.05, 0) is 58.1 Å². The second-order valence-electron chi connectivity index (χ2n) is 11.6. The summed E-state index contributed by atoms with van der Waals surface area (Å²) in [6, 6.07) is 11.7. The largest absolute Gasteiger partial charge is 0.494 e. The maximum atomic E-state index is 15.4. The molecule has 5 rings (SSSR count). The Morgan fingerprint density at radius 1 is 1.03 bits per heavy atom. The number of alkyl halides is 1. The summed E-state index contributed by atoms with van der Waals surface area (Å²) in [5.74, 6) is 0.238. The zero-order chi connectivity index (χ0) is 24.7. The molecule has 0 amide bonds. The van der Waals surface area contributed by atoms with Crippen LogP contribution in [0.1, 0.15) is 66.0 Å². The molecule has 1 aromatic heterocycles. The predicted molar refractivity (Wildman–Crippen MR) is 132 cm³/mol. The van der Waals surface area contributed by atoms with E-state index in [9.17, 15) is 4.79 Å². The van der Waals surface area contributed by atoms with E-state index >= 15 is 4.39 Å². The first-order chi connectivity index (χ1) is 15.8. The van der Waals surface area contributed by atoms with Gasteiger partial charge < -0.3 is 14.6 Å². The molecule has 0 spiro atoms. The normalized spacial score (nSPS) is 28.9. The summed E-state index contributed by atoms with van der Waals surface area (Å²) in [7, 11) is -0.535. The smallest absolute Gasteiger partial charge is 0.399 e. The van der Waals surface area contributed by atoms with Crippen molar-refractivity contribution in [2.75, 3.05) is 5.32 Å². The molecule has 3 heterocycles. The predicted octanol–water partition coefficient (Wildman–Crippen LogP) is 4.70. The van der Waals surface area contributed by atoms with Gasteiger partial charge in [-0.25, -0.2) is 9.37 Å². The maximum absolute atomic E-state index is 15.4. The molecule has 3 aliphatic rings. The van der Waals surface area contributed by atoms with Crippen molar-refractivity contribution in [2.45, 2.75) is 77.7 Å². The van der Waals surface area contributed by atoms with Crippen LogP contribution in [0.15, 0.2) is 53.9 Å². The summed E-state index contributed by atoms with van der Waals surface area (Å²) < 4.78 is 28.0. The Kier molecular flexibility index (Phi) is 4.96. The zero-order valence-electron chi connectivity index (χ0n) is 21.0. The van der Waals surface area contributed by atoms with Crippen LogP contribution in [0.5, 0.6) is 0 Å². The molecule has 5 nitrogen and oxygen atoms in total. The number of hydrogen-bond acceptors (Lipinski definition) is 5. The number of fused-ring (bicyclic) bond motifs is 1. The summed E-state index contributed by atoms with van der Waals surface area (Å²) in [4.78, 5) is 18.1. The van der Waals surface area contributed by atoms with E-state index in [1.807, 2.05) is 71.0 Å². The highest BCUT2D eigenvalue weighted by atomic mass is 19.1. The minimum Gasteiger partial charge on any atom is -0.399 e. The van der Waals surface area contributed by atoms with Crippen LogP contribution in [0.2, 0.25) is 0 Å². The molecule has 0 saturated carbocycles. The topological polar surface area (TPSA) is 60.5 Å². The van der Waals surface area contributed by atoms with Gasteiger partial charge in [0.15, 0.2) is 12.0 Å². The second-order valence-corrected chi connectivity index (χ2v) is 11.6. The number of anilines is 1.